The molecule has 0 spiro atoms. The molecule has 0 aliphatic rings. The first kappa shape index (κ1) is 12.8. The van der Waals surface area contributed by atoms with Gasteiger partial charge in [-0.15, -0.1) is 0 Å². The Morgan fingerprint density at radius 3 is 2.60 bits per heavy atom. The van der Waals surface area contributed by atoms with E-state index in [4.69, 9.17) is 11.6 Å². The van der Waals surface area contributed by atoms with E-state index in [1.165, 1.54) is 6.07 Å². The van der Waals surface area contributed by atoms with Gasteiger partial charge in [0.2, 0.25) is 0 Å². The molecule has 84 valence electrons. The molecule has 3 N–H and O–H groups in total. The number of rotatable bonds is 4. The predicted octanol–water partition coefficient (Wildman–Crippen LogP) is 2.22. The molecule has 0 radical (unpaired) electrons. The quantitative estimate of drug-likeness (QED) is 0.747. The van der Waals surface area contributed by atoms with Crippen molar-refractivity contribution in [3.05, 3.63) is 28.8 Å². The van der Waals surface area contributed by atoms with Crippen LogP contribution in [0.5, 0.6) is 5.75 Å². The van der Waals surface area contributed by atoms with Crippen LogP contribution in [0.2, 0.25) is 5.02 Å². The van der Waals surface area contributed by atoms with Crippen molar-refractivity contribution in [2.75, 3.05) is 5.33 Å². The van der Waals surface area contributed by atoms with E-state index in [1.54, 1.807) is 12.1 Å². The molecule has 0 aliphatic carbocycles. The number of phenols is 1. The first-order valence-corrected chi connectivity index (χ1v) is 5.97. The molecular formula is C10H12BrClO3. The van der Waals surface area contributed by atoms with Crippen molar-refractivity contribution in [3.63, 3.8) is 0 Å². The zero-order valence-corrected chi connectivity index (χ0v) is 10.2. The summed E-state index contributed by atoms with van der Waals surface area (Å²) in [6, 6.07) is 4.57. The summed E-state index contributed by atoms with van der Waals surface area (Å²) < 4.78 is 0. The molecule has 0 saturated carbocycles. The van der Waals surface area contributed by atoms with Gasteiger partial charge in [-0.05, 0) is 12.5 Å². The van der Waals surface area contributed by atoms with Crippen molar-refractivity contribution in [1.82, 2.24) is 0 Å². The number of hydrogen-bond donors (Lipinski definition) is 3. The SMILES string of the molecule is Oc1cccc(C(O)C(O)CCBr)c1Cl. The second kappa shape index (κ2) is 5.70. The van der Waals surface area contributed by atoms with Gasteiger partial charge < -0.3 is 15.3 Å². The highest BCUT2D eigenvalue weighted by molar-refractivity contribution is 9.09. The van der Waals surface area contributed by atoms with Crippen LogP contribution in [0.4, 0.5) is 0 Å². The average molecular weight is 296 g/mol. The van der Waals surface area contributed by atoms with Crippen molar-refractivity contribution in [2.24, 2.45) is 0 Å². The molecule has 0 aromatic heterocycles. The van der Waals surface area contributed by atoms with Gasteiger partial charge in [-0.25, -0.2) is 0 Å². The number of halogens is 2. The third-order valence-corrected chi connectivity index (χ3v) is 2.97. The van der Waals surface area contributed by atoms with Gasteiger partial charge in [0.05, 0.1) is 11.1 Å². The number of aliphatic hydroxyl groups excluding tert-OH is 2. The number of hydrogen-bond acceptors (Lipinski definition) is 3. The molecule has 0 amide bonds. The molecule has 0 heterocycles. The maximum absolute atomic E-state index is 9.76. The molecule has 1 aromatic rings. The molecule has 3 nitrogen and oxygen atoms in total. The summed E-state index contributed by atoms with van der Waals surface area (Å²) in [5.41, 5.74) is 0.338. The Labute approximate surface area is 101 Å². The van der Waals surface area contributed by atoms with Crippen LogP contribution in [-0.4, -0.2) is 26.8 Å². The summed E-state index contributed by atoms with van der Waals surface area (Å²) in [4.78, 5) is 0. The molecule has 2 unspecified atom stereocenters. The van der Waals surface area contributed by atoms with Crippen LogP contribution in [0.1, 0.15) is 18.1 Å². The summed E-state index contributed by atoms with van der Waals surface area (Å²) >= 11 is 8.97. The number of phenolic OH excluding ortho intramolecular Hbond substituents is 1. The Balaban J connectivity index is 2.90. The van der Waals surface area contributed by atoms with Crippen LogP contribution in [0.25, 0.3) is 0 Å². The topological polar surface area (TPSA) is 60.7 Å². The van der Waals surface area contributed by atoms with E-state index < -0.39 is 12.2 Å². The number of aliphatic hydroxyl groups is 2. The summed E-state index contributed by atoms with van der Waals surface area (Å²) in [6.45, 7) is 0. The molecule has 0 fully saturated rings. The van der Waals surface area contributed by atoms with Crippen LogP contribution in [-0.2, 0) is 0 Å². The Morgan fingerprint density at radius 2 is 2.00 bits per heavy atom. The highest BCUT2D eigenvalue weighted by Gasteiger charge is 2.21. The first-order valence-electron chi connectivity index (χ1n) is 4.47. The normalized spacial score (nSPS) is 14.9. The monoisotopic (exact) mass is 294 g/mol. The van der Waals surface area contributed by atoms with Crippen molar-refractivity contribution in [1.29, 1.82) is 0 Å². The van der Waals surface area contributed by atoms with Crippen molar-refractivity contribution in [3.8, 4) is 5.75 Å². The largest absolute Gasteiger partial charge is 0.506 e. The van der Waals surface area contributed by atoms with Gasteiger partial charge in [0.1, 0.15) is 11.9 Å². The number of aromatic hydroxyl groups is 1. The van der Waals surface area contributed by atoms with E-state index in [0.717, 1.165) is 0 Å². The van der Waals surface area contributed by atoms with Crippen LogP contribution < -0.4 is 0 Å². The van der Waals surface area contributed by atoms with E-state index in [0.29, 0.717) is 17.3 Å². The fourth-order valence-corrected chi connectivity index (χ4v) is 1.95. The second-order valence-electron chi connectivity index (χ2n) is 3.17. The fourth-order valence-electron chi connectivity index (χ4n) is 1.24. The smallest absolute Gasteiger partial charge is 0.134 e. The van der Waals surface area contributed by atoms with Crippen LogP contribution in [0.3, 0.4) is 0 Å². The lowest BCUT2D eigenvalue weighted by Crippen LogP contribution is -2.18. The molecule has 0 saturated heterocycles. The van der Waals surface area contributed by atoms with Crippen molar-refractivity contribution >= 4 is 27.5 Å². The lowest BCUT2D eigenvalue weighted by atomic mass is 10.0. The zero-order chi connectivity index (χ0) is 11.4. The third kappa shape index (κ3) is 3.08. The van der Waals surface area contributed by atoms with E-state index in [-0.39, 0.29) is 10.8 Å². The minimum Gasteiger partial charge on any atom is -0.506 e. The van der Waals surface area contributed by atoms with Gasteiger partial charge in [0, 0.05) is 10.9 Å². The lowest BCUT2D eigenvalue weighted by molar-refractivity contribution is 0.0173. The van der Waals surface area contributed by atoms with Gasteiger partial charge in [-0.3, -0.25) is 0 Å². The van der Waals surface area contributed by atoms with Gasteiger partial charge in [0.25, 0.3) is 0 Å². The van der Waals surface area contributed by atoms with Crippen LogP contribution in [0, 0.1) is 0 Å². The zero-order valence-electron chi connectivity index (χ0n) is 7.90. The van der Waals surface area contributed by atoms with E-state index in [2.05, 4.69) is 15.9 Å². The van der Waals surface area contributed by atoms with Gasteiger partial charge in [0.15, 0.2) is 0 Å². The molecule has 1 aromatic carbocycles. The van der Waals surface area contributed by atoms with E-state index in [1.807, 2.05) is 0 Å². The Hall–Kier alpha value is -0.290. The summed E-state index contributed by atoms with van der Waals surface area (Å²) in [5.74, 6) is -0.0979. The highest BCUT2D eigenvalue weighted by atomic mass is 79.9. The van der Waals surface area contributed by atoms with Crippen LogP contribution in [0.15, 0.2) is 18.2 Å². The lowest BCUT2D eigenvalue weighted by Gasteiger charge is -2.18. The second-order valence-corrected chi connectivity index (χ2v) is 4.34. The molecule has 15 heavy (non-hydrogen) atoms. The third-order valence-electron chi connectivity index (χ3n) is 2.10. The standard InChI is InChI=1S/C10H12BrClO3/c11-5-4-8(14)10(15)6-2-1-3-7(13)9(6)12/h1-3,8,10,13-15H,4-5H2. The Morgan fingerprint density at radius 1 is 1.33 bits per heavy atom. The molecular weight excluding hydrogens is 283 g/mol. The van der Waals surface area contributed by atoms with Crippen LogP contribution >= 0.6 is 27.5 Å². The molecule has 2 atom stereocenters. The minimum absolute atomic E-state index is 0.0821. The first-order chi connectivity index (χ1) is 7.07. The summed E-state index contributed by atoms with van der Waals surface area (Å²) in [7, 11) is 0. The summed E-state index contributed by atoms with van der Waals surface area (Å²) in [6.07, 6.45) is -1.57. The Bertz CT molecular complexity index is 332. The van der Waals surface area contributed by atoms with E-state index in [9.17, 15) is 15.3 Å². The highest BCUT2D eigenvalue weighted by Crippen LogP contribution is 2.32. The molecule has 5 heteroatoms. The number of alkyl halides is 1. The summed E-state index contributed by atoms with van der Waals surface area (Å²) in [5, 5.41) is 29.3. The number of benzene rings is 1. The maximum Gasteiger partial charge on any atom is 0.134 e. The minimum atomic E-state index is -1.08. The van der Waals surface area contributed by atoms with Crippen molar-refractivity contribution in [2.45, 2.75) is 18.6 Å². The fraction of sp³-hybridized carbons (Fsp3) is 0.400. The van der Waals surface area contributed by atoms with Crippen molar-refractivity contribution < 1.29 is 15.3 Å². The maximum atomic E-state index is 9.76. The average Bonchev–Trinajstić information content (AvgIpc) is 2.21. The predicted molar refractivity (Wildman–Crippen MR) is 62.5 cm³/mol. The molecule has 1 rings (SSSR count). The van der Waals surface area contributed by atoms with Gasteiger partial charge in [-0.2, -0.15) is 0 Å². The van der Waals surface area contributed by atoms with Gasteiger partial charge >= 0.3 is 0 Å². The molecule has 0 aliphatic heterocycles. The Kier molecular flexibility index (Phi) is 4.86. The molecule has 0 bridgehead atoms. The van der Waals surface area contributed by atoms with Gasteiger partial charge in [-0.1, -0.05) is 39.7 Å². The van der Waals surface area contributed by atoms with E-state index >= 15 is 0 Å².